The Morgan fingerprint density at radius 1 is 1.38 bits per heavy atom. The summed E-state index contributed by atoms with van der Waals surface area (Å²) in [7, 11) is 0. The predicted molar refractivity (Wildman–Crippen MR) is 46.8 cm³/mol. The Morgan fingerprint density at radius 2 is 2.08 bits per heavy atom. The van der Waals surface area contributed by atoms with Gasteiger partial charge in [-0.25, -0.2) is 9.59 Å². The lowest BCUT2D eigenvalue weighted by Crippen LogP contribution is -2.24. The molecule has 0 spiro atoms. The SMILES string of the molecule is CC1=CC(N=C=O)C(N=C=O)CC1. The van der Waals surface area contributed by atoms with Crippen LogP contribution in [0.15, 0.2) is 21.6 Å². The normalized spacial score (nSPS) is 26.7. The zero-order chi connectivity index (χ0) is 9.68. The highest BCUT2D eigenvalue weighted by Crippen LogP contribution is 2.22. The number of carbonyl (C=O) groups excluding carboxylic acids is 2. The number of hydrogen-bond donors (Lipinski definition) is 0. The summed E-state index contributed by atoms with van der Waals surface area (Å²) in [6, 6.07) is -0.560. The van der Waals surface area contributed by atoms with Crippen LogP contribution in [-0.2, 0) is 9.59 Å². The Hall–Kier alpha value is -1.50. The van der Waals surface area contributed by atoms with E-state index in [4.69, 9.17) is 0 Å². The second kappa shape index (κ2) is 4.51. The van der Waals surface area contributed by atoms with E-state index in [1.54, 1.807) is 0 Å². The van der Waals surface area contributed by atoms with Crippen molar-refractivity contribution in [1.29, 1.82) is 0 Å². The van der Waals surface area contributed by atoms with E-state index in [1.165, 1.54) is 17.7 Å². The second-order valence-corrected chi connectivity index (χ2v) is 3.05. The monoisotopic (exact) mass is 178 g/mol. The Bertz CT molecular complexity index is 310. The number of nitrogens with zero attached hydrogens (tertiary/aromatic N) is 2. The van der Waals surface area contributed by atoms with Gasteiger partial charge in [-0.15, -0.1) is 0 Å². The van der Waals surface area contributed by atoms with Crippen LogP contribution in [0.5, 0.6) is 0 Å². The average molecular weight is 178 g/mol. The first kappa shape index (κ1) is 9.59. The minimum Gasteiger partial charge on any atom is -0.211 e. The topological polar surface area (TPSA) is 58.9 Å². The van der Waals surface area contributed by atoms with Crippen molar-refractivity contribution in [3.05, 3.63) is 11.6 Å². The average Bonchev–Trinajstić information content (AvgIpc) is 2.10. The van der Waals surface area contributed by atoms with E-state index < -0.39 is 0 Å². The van der Waals surface area contributed by atoms with Crippen LogP contribution in [0.4, 0.5) is 0 Å². The zero-order valence-corrected chi connectivity index (χ0v) is 7.36. The molecule has 1 rings (SSSR count). The highest BCUT2D eigenvalue weighted by Gasteiger charge is 2.22. The van der Waals surface area contributed by atoms with E-state index in [2.05, 4.69) is 9.98 Å². The molecule has 0 saturated carbocycles. The lowest BCUT2D eigenvalue weighted by Gasteiger charge is -2.20. The molecule has 0 aromatic rings. The van der Waals surface area contributed by atoms with Crippen LogP contribution in [0.2, 0.25) is 0 Å². The molecule has 0 amide bonds. The predicted octanol–water partition coefficient (Wildman–Crippen LogP) is 1.14. The maximum absolute atomic E-state index is 10.1. The summed E-state index contributed by atoms with van der Waals surface area (Å²) in [6.45, 7) is 1.97. The minimum absolute atomic E-state index is 0.234. The van der Waals surface area contributed by atoms with E-state index in [0.29, 0.717) is 0 Å². The molecule has 0 fully saturated rings. The molecular weight excluding hydrogens is 168 g/mol. The van der Waals surface area contributed by atoms with Crippen LogP contribution in [0.25, 0.3) is 0 Å². The standard InChI is InChI=1S/C9H10N2O2/c1-7-2-3-8(10-5-12)9(4-7)11-6-13/h4,8-9H,2-3H2,1H3. The molecule has 0 aliphatic heterocycles. The Kier molecular flexibility index (Phi) is 3.32. The third-order valence-electron chi connectivity index (χ3n) is 2.10. The summed E-state index contributed by atoms with van der Waals surface area (Å²) in [6.07, 6.45) is 6.46. The van der Waals surface area contributed by atoms with Crippen molar-refractivity contribution in [1.82, 2.24) is 0 Å². The molecule has 1 aliphatic rings. The van der Waals surface area contributed by atoms with Crippen LogP contribution >= 0.6 is 0 Å². The van der Waals surface area contributed by atoms with E-state index >= 15 is 0 Å². The summed E-state index contributed by atoms with van der Waals surface area (Å²) in [5, 5.41) is 0. The van der Waals surface area contributed by atoms with Gasteiger partial charge in [0.1, 0.15) is 6.04 Å². The molecule has 4 nitrogen and oxygen atoms in total. The summed E-state index contributed by atoms with van der Waals surface area (Å²) in [4.78, 5) is 27.3. The van der Waals surface area contributed by atoms with Crippen molar-refractivity contribution in [2.24, 2.45) is 9.98 Å². The van der Waals surface area contributed by atoms with Gasteiger partial charge in [0.05, 0.1) is 6.04 Å². The van der Waals surface area contributed by atoms with Gasteiger partial charge in [0, 0.05) is 0 Å². The molecular formula is C9H10N2O2. The molecule has 2 unspecified atom stereocenters. The maximum Gasteiger partial charge on any atom is 0.235 e. The number of allylic oxidation sites excluding steroid dienone is 1. The lowest BCUT2D eigenvalue weighted by atomic mass is 9.93. The smallest absolute Gasteiger partial charge is 0.211 e. The van der Waals surface area contributed by atoms with Crippen LogP contribution in [-0.4, -0.2) is 24.2 Å². The van der Waals surface area contributed by atoms with Gasteiger partial charge >= 0.3 is 0 Å². The van der Waals surface area contributed by atoms with E-state index in [9.17, 15) is 9.59 Å². The highest BCUT2D eigenvalue weighted by atomic mass is 16.1. The molecule has 2 atom stereocenters. The highest BCUT2D eigenvalue weighted by molar-refractivity contribution is 5.38. The molecule has 0 saturated heterocycles. The zero-order valence-electron chi connectivity index (χ0n) is 7.36. The first-order valence-corrected chi connectivity index (χ1v) is 4.09. The number of rotatable bonds is 2. The third kappa shape index (κ3) is 2.48. The van der Waals surface area contributed by atoms with Crippen molar-refractivity contribution in [3.8, 4) is 0 Å². The molecule has 0 aromatic heterocycles. The Morgan fingerprint density at radius 3 is 2.69 bits per heavy atom. The quantitative estimate of drug-likeness (QED) is 0.361. The van der Waals surface area contributed by atoms with Crippen molar-refractivity contribution < 1.29 is 9.59 Å². The van der Waals surface area contributed by atoms with Gasteiger partial charge in [-0.2, -0.15) is 9.98 Å². The summed E-state index contributed by atoms with van der Waals surface area (Å²) in [5.74, 6) is 0. The molecule has 68 valence electrons. The molecule has 0 aromatic carbocycles. The first-order chi connectivity index (χ1) is 6.27. The van der Waals surface area contributed by atoms with Crippen LogP contribution in [0.1, 0.15) is 19.8 Å². The van der Waals surface area contributed by atoms with Crippen LogP contribution < -0.4 is 0 Å². The lowest BCUT2D eigenvalue weighted by molar-refractivity contribution is 0.506. The Balaban J connectivity index is 2.87. The van der Waals surface area contributed by atoms with Gasteiger partial charge in [-0.05, 0) is 19.8 Å². The number of aliphatic imine (C=N–C) groups is 2. The van der Waals surface area contributed by atoms with Crippen LogP contribution in [0, 0.1) is 0 Å². The first-order valence-electron chi connectivity index (χ1n) is 4.09. The summed E-state index contributed by atoms with van der Waals surface area (Å²) < 4.78 is 0. The van der Waals surface area contributed by atoms with Gasteiger partial charge in [-0.1, -0.05) is 11.6 Å². The van der Waals surface area contributed by atoms with E-state index in [1.807, 2.05) is 13.0 Å². The van der Waals surface area contributed by atoms with Crippen molar-refractivity contribution in [3.63, 3.8) is 0 Å². The largest absolute Gasteiger partial charge is 0.235 e. The fourth-order valence-electron chi connectivity index (χ4n) is 1.43. The van der Waals surface area contributed by atoms with Crippen molar-refractivity contribution >= 4 is 12.2 Å². The molecule has 0 heterocycles. The number of isocyanates is 2. The van der Waals surface area contributed by atoms with Gasteiger partial charge < -0.3 is 0 Å². The molecule has 0 radical (unpaired) electrons. The third-order valence-corrected chi connectivity index (χ3v) is 2.10. The Labute approximate surface area is 76.1 Å². The fraction of sp³-hybridized carbons (Fsp3) is 0.556. The van der Waals surface area contributed by atoms with Gasteiger partial charge in [0.25, 0.3) is 0 Å². The molecule has 1 aliphatic carbocycles. The van der Waals surface area contributed by atoms with E-state index in [0.717, 1.165) is 12.8 Å². The minimum atomic E-state index is -0.326. The van der Waals surface area contributed by atoms with Crippen molar-refractivity contribution in [2.45, 2.75) is 31.8 Å². The summed E-state index contributed by atoms with van der Waals surface area (Å²) >= 11 is 0. The summed E-state index contributed by atoms with van der Waals surface area (Å²) in [5.41, 5.74) is 1.17. The van der Waals surface area contributed by atoms with Crippen LogP contribution in [0.3, 0.4) is 0 Å². The molecule has 0 bridgehead atoms. The molecule has 13 heavy (non-hydrogen) atoms. The fourth-order valence-corrected chi connectivity index (χ4v) is 1.43. The van der Waals surface area contributed by atoms with Gasteiger partial charge in [0.2, 0.25) is 12.2 Å². The van der Waals surface area contributed by atoms with E-state index in [-0.39, 0.29) is 12.1 Å². The maximum atomic E-state index is 10.1. The molecule has 0 N–H and O–H groups in total. The number of hydrogen-bond acceptors (Lipinski definition) is 4. The van der Waals surface area contributed by atoms with Crippen molar-refractivity contribution in [2.75, 3.05) is 0 Å². The second-order valence-electron chi connectivity index (χ2n) is 3.05. The molecule has 4 heteroatoms. The van der Waals surface area contributed by atoms with Gasteiger partial charge in [0.15, 0.2) is 0 Å². The van der Waals surface area contributed by atoms with Gasteiger partial charge in [-0.3, -0.25) is 0 Å².